The molecule has 1 fully saturated rings. The van der Waals surface area contributed by atoms with Crippen molar-refractivity contribution in [2.24, 2.45) is 7.05 Å². The van der Waals surface area contributed by atoms with E-state index in [0.29, 0.717) is 11.3 Å². The first-order valence-electron chi connectivity index (χ1n) is 5.99. The maximum absolute atomic E-state index is 4.16. The summed E-state index contributed by atoms with van der Waals surface area (Å²) < 4.78 is 2.00. The van der Waals surface area contributed by atoms with Crippen molar-refractivity contribution in [1.29, 1.82) is 0 Å². The van der Waals surface area contributed by atoms with E-state index in [2.05, 4.69) is 22.6 Å². The van der Waals surface area contributed by atoms with Gasteiger partial charge in [0.25, 0.3) is 0 Å². The van der Waals surface area contributed by atoms with Crippen molar-refractivity contribution in [3.8, 4) is 0 Å². The number of aryl methyl sites for hydroxylation is 1. The van der Waals surface area contributed by atoms with Crippen molar-refractivity contribution in [1.82, 2.24) is 20.1 Å². The minimum atomic E-state index is 0.615. The van der Waals surface area contributed by atoms with Crippen molar-refractivity contribution in [3.63, 3.8) is 0 Å². The average molecular weight is 240 g/mol. The largest absolute Gasteiger partial charge is 0.316 e. The molecule has 1 aliphatic carbocycles. The van der Waals surface area contributed by atoms with Gasteiger partial charge in [-0.25, -0.2) is 0 Å². The van der Waals surface area contributed by atoms with Crippen LogP contribution in [0.4, 0.5) is 0 Å². The monoisotopic (exact) mass is 240 g/mol. The fourth-order valence-corrected chi connectivity index (χ4v) is 3.56. The molecule has 1 aromatic heterocycles. The molecule has 1 N–H and O–H groups in total. The van der Waals surface area contributed by atoms with E-state index in [1.807, 2.05) is 23.4 Å². The second kappa shape index (κ2) is 5.68. The fourth-order valence-electron chi connectivity index (χ4n) is 2.26. The molecule has 1 saturated carbocycles. The average Bonchev–Trinajstić information content (AvgIpc) is 2.56. The van der Waals surface area contributed by atoms with Gasteiger partial charge in [0.1, 0.15) is 6.33 Å². The standard InChI is InChI=1S/C11H20N4S/c1-12-9-6-4-3-5-7-10(9)16-11-14-13-8-15(11)2/h8-10,12H,3-7H2,1-2H3. The Balaban J connectivity index is 2.03. The fraction of sp³-hybridized carbons (Fsp3) is 0.818. The zero-order chi connectivity index (χ0) is 11.4. The Morgan fingerprint density at radius 2 is 2.19 bits per heavy atom. The lowest BCUT2D eigenvalue weighted by Crippen LogP contribution is -2.34. The number of nitrogens with zero attached hydrogens (tertiary/aromatic N) is 3. The number of hydrogen-bond donors (Lipinski definition) is 1. The molecule has 1 aromatic rings. The quantitative estimate of drug-likeness (QED) is 0.819. The lowest BCUT2D eigenvalue weighted by atomic mass is 10.1. The second-order valence-electron chi connectivity index (χ2n) is 4.41. The number of rotatable bonds is 3. The van der Waals surface area contributed by atoms with Crippen LogP contribution in [-0.4, -0.2) is 33.1 Å². The Morgan fingerprint density at radius 3 is 2.88 bits per heavy atom. The zero-order valence-electron chi connectivity index (χ0n) is 10.0. The SMILES string of the molecule is CNC1CCCCCC1Sc1nncn1C. The lowest BCUT2D eigenvalue weighted by molar-refractivity contribution is 0.509. The van der Waals surface area contributed by atoms with Crippen LogP contribution < -0.4 is 5.32 Å². The number of aromatic nitrogens is 3. The van der Waals surface area contributed by atoms with Gasteiger partial charge in [-0.1, -0.05) is 31.0 Å². The minimum absolute atomic E-state index is 0.615. The first-order chi connectivity index (χ1) is 7.81. The maximum Gasteiger partial charge on any atom is 0.191 e. The summed E-state index contributed by atoms with van der Waals surface area (Å²) in [5.74, 6) is 0. The first kappa shape index (κ1) is 11.9. The van der Waals surface area contributed by atoms with Crippen molar-refractivity contribution < 1.29 is 0 Å². The van der Waals surface area contributed by atoms with E-state index in [-0.39, 0.29) is 0 Å². The molecule has 0 bridgehead atoms. The van der Waals surface area contributed by atoms with E-state index in [4.69, 9.17) is 0 Å². The van der Waals surface area contributed by atoms with Gasteiger partial charge in [0.15, 0.2) is 5.16 Å². The van der Waals surface area contributed by atoms with E-state index < -0.39 is 0 Å². The molecule has 2 atom stereocenters. The summed E-state index contributed by atoms with van der Waals surface area (Å²) in [5, 5.41) is 13.2. The molecule has 0 amide bonds. The molecule has 5 heteroatoms. The van der Waals surface area contributed by atoms with E-state index in [9.17, 15) is 0 Å². The summed E-state index contributed by atoms with van der Waals surface area (Å²) in [6, 6.07) is 0.615. The molecular weight excluding hydrogens is 220 g/mol. The highest BCUT2D eigenvalue weighted by atomic mass is 32.2. The van der Waals surface area contributed by atoms with Crippen LogP contribution in [0.1, 0.15) is 32.1 Å². The summed E-state index contributed by atoms with van der Waals surface area (Å²) in [4.78, 5) is 0. The van der Waals surface area contributed by atoms with E-state index in [1.54, 1.807) is 6.33 Å². The second-order valence-corrected chi connectivity index (χ2v) is 5.62. The summed E-state index contributed by atoms with van der Waals surface area (Å²) in [6.45, 7) is 0. The Labute approximate surface area is 101 Å². The van der Waals surface area contributed by atoms with Gasteiger partial charge in [0, 0.05) is 18.3 Å². The Morgan fingerprint density at radius 1 is 1.38 bits per heavy atom. The normalized spacial score (nSPS) is 26.6. The van der Waals surface area contributed by atoms with Crippen molar-refractivity contribution in [3.05, 3.63) is 6.33 Å². The van der Waals surface area contributed by atoms with Crippen molar-refractivity contribution in [2.45, 2.75) is 48.6 Å². The van der Waals surface area contributed by atoms with Gasteiger partial charge in [-0.15, -0.1) is 10.2 Å². The third-order valence-electron chi connectivity index (χ3n) is 3.25. The maximum atomic E-state index is 4.16. The van der Waals surface area contributed by atoms with Gasteiger partial charge < -0.3 is 9.88 Å². The molecule has 1 aliphatic rings. The van der Waals surface area contributed by atoms with Crippen LogP contribution in [0.15, 0.2) is 11.5 Å². The van der Waals surface area contributed by atoms with Crippen LogP contribution in [0, 0.1) is 0 Å². The van der Waals surface area contributed by atoms with Gasteiger partial charge in [-0.05, 0) is 19.9 Å². The van der Waals surface area contributed by atoms with Gasteiger partial charge in [-0.2, -0.15) is 0 Å². The number of hydrogen-bond acceptors (Lipinski definition) is 4. The predicted molar refractivity (Wildman–Crippen MR) is 66.6 cm³/mol. The molecule has 0 aromatic carbocycles. The number of thioether (sulfide) groups is 1. The highest BCUT2D eigenvalue weighted by Gasteiger charge is 2.24. The highest BCUT2D eigenvalue weighted by molar-refractivity contribution is 7.99. The molecule has 0 spiro atoms. The molecular formula is C11H20N4S. The van der Waals surface area contributed by atoms with Crippen LogP contribution in [0.2, 0.25) is 0 Å². The van der Waals surface area contributed by atoms with E-state index in [0.717, 1.165) is 5.16 Å². The van der Waals surface area contributed by atoms with E-state index >= 15 is 0 Å². The topological polar surface area (TPSA) is 42.7 Å². The Bertz CT molecular complexity index is 326. The number of nitrogens with one attached hydrogen (secondary N) is 1. The summed E-state index contributed by atoms with van der Waals surface area (Å²) >= 11 is 1.87. The van der Waals surface area contributed by atoms with Gasteiger partial charge >= 0.3 is 0 Å². The predicted octanol–water partition coefficient (Wildman–Crippen LogP) is 1.83. The molecule has 4 nitrogen and oxygen atoms in total. The van der Waals surface area contributed by atoms with Crippen LogP contribution in [0.5, 0.6) is 0 Å². The van der Waals surface area contributed by atoms with Crippen LogP contribution in [0.3, 0.4) is 0 Å². The third-order valence-corrected chi connectivity index (χ3v) is 4.70. The van der Waals surface area contributed by atoms with Gasteiger partial charge in [-0.3, -0.25) is 0 Å². The third kappa shape index (κ3) is 2.77. The summed E-state index contributed by atoms with van der Waals surface area (Å²) in [7, 11) is 4.08. The van der Waals surface area contributed by atoms with E-state index in [1.165, 1.54) is 32.1 Å². The first-order valence-corrected chi connectivity index (χ1v) is 6.87. The van der Waals surface area contributed by atoms with Crippen LogP contribution in [-0.2, 0) is 7.05 Å². The molecule has 0 radical (unpaired) electrons. The minimum Gasteiger partial charge on any atom is -0.316 e. The molecule has 0 aliphatic heterocycles. The zero-order valence-corrected chi connectivity index (χ0v) is 10.8. The van der Waals surface area contributed by atoms with Crippen molar-refractivity contribution in [2.75, 3.05) is 7.05 Å². The molecule has 16 heavy (non-hydrogen) atoms. The Kier molecular flexibility index (Phi) is 4.23. The molecule has 2 unspecified atom stereocenters. The Hall–Kier alpha value is -0.550. The summed E-state index contributed by atoms with van der Waals surface area (Å²) in [5.41, 5.74) is 0. The molecule has 2 rings (SSSR count). The van der Waals surface area contributed by atoms with Crippen LogP contribution >= 0.6 is 11.8 Å². The lowest BCUT2D eigenvalue weighted by Gasteiger charge is -2.23. The smallest absolute Gasteiger partial charge is 0.191 e. The summed E-state index contributed by atoms with van der Waals surface area (Å²) in [6.07, 6.45) is 8.39. The molecule has 1 heterocycles. The highest BCUT2D eigenvalue weighted by Crippen LogP contribution is 2.31. The van der Waals surface area contributed by atoms with Crippen LogP contribution in [0.25, 0.3) is 0 Å². The van der Waals surface area contributed by atoms with Gasteiger partial charge in [0.2, 0.25) is 0 Å². The molecule has 0 saturated heterocycles. The van der Waals surface area contributed by atoms with Crippen molar-refractivity contribution >= 4 is 11.8 Å². The van der Waals surface area contributed by atoms with Gasteiger partial charge in [0.05, 0.1) is 0 Å². The molecule has 90 valence electrons.